The summed E-state index contributed by atoms with van der Waals surface area (Å²) >= 11 is 1.59. The molecule has 0 saturated heterocycles. The van der Waals surface area contributed by atoms with E-state index in [1.54, 1.807) is 11.3 Å². The monoisotopic (exact) mass is 214 g/mol. The van der Waals surface area contributed by atoms with Gasteiger partial charge in [-0.15, -0.1) is 11.3 Å². The van der Waals surface area contributed by atoms with Crippen molar-refractivity contribution in [2.24, 2.45) is 0 Å². The van der Waals surface area contributed by atoms with Crippen molar-refractivity contribution in [3.63, 3.8) is 0 Å². The Balaban J connectivity index is 2.45. The Kier molecular flexibility index (Phi) is 4.04. The van der Waals surface area contributed by atoms with Gasteiger partial charge in [-0.2, -0.15) is 0 Å². The van der Waals surface area contributed by atoms with Gasteiger partial charge in [-0.3, -0.25) is 0 Å². The summed E-state index contributed by atoms with van der Waals surface area (Å²) < 4.78 is 0. The SMILES string of the molecule is CCC(C)(C)NCc1nc(CO)cs1. The molecule has 80 valence electrons. The lowest BCUT2D eigenvalue weighted by Gasteiger charge is -2.23. The smallest absolute Gasteiger partial charge is 0.107 e. The van der Waals surface area contributed by atoms with E-state index in [1.807, 2.05) is 5.38 Å². The average Bonchev–Trinajstić information content (AvgIpc) is 2.63. The molecule has 3 nitrogen and oxygen atoms in total. The molecular formula is C10H18N2OS. The van der Waals surface area contributed by atoms with Gasteiger partial charge in [0.15, 0.2) is 0 Å². The summed E-state index contributed by atoms with van der Waals surface area (Å²) in [5.74, 6) is 0. The average molecular weight is 214 g/mol. The Morgan fingerprint density at radius 2 is 2.29 bits per heavy atom. The number of nitrogens with one attached hydrogen (secondary N) is 1. The Bertz CT molecular complexity index is 283. The van der Waals surface area contributed by atoms with Crippen LogP contribution in [0.15, 0.2) is 5.38 Å². The molecular weight excluding hydrogens is 196 g/mol. The van der Waals surface area contributed by atoms with Gasteiger partial charge in [-0.25, -0.2) is 4.98 Å². The summed E-state index contributed by atoms with van der Waals surface area (Å²) in [6.45, 7) is 7.33. The number of aliphatic hydroxyl groups excluding tert-OH is 1. The van der Waals surface area contributed by atoms with Crippen LogP contribution in [0.1, 0.15) is 37.9 Å². The zero-order valence-corrected chi connectivity index (χ0v) is 9.82. The van der Waals surface area contributed by atoms with Crippen LogP contribution in [0.5, 0.6) is 0 Å². The molecule has 1 heterocycles. The van der Waals surface area contributed by atoms with E-state index in [9.17, 15) is 0 Å². The van der Waals surface area contributed by atoms with E-state index >= 15 is 0 Å². The van der Waals surface area contributed by atoms with Gasteiger partial charge < -0.3 is 10.4 Å². The second kappa shape index (κ2) is 4.87. The van der Waals surface area contributed by atoms with Crippen molar-refractivity contribution in [2.75, 3.05) is 0 Å². The molecule has 0 fully saturated rings. The minimum atomic E-state index is 0.0354. The number of nitrogens with zero attached hydrogens (tertiary/aromatic N) is 1. The molecule has 1 aromatic rings. The molecule has 0 aliphatic rings. The lowest BCUT2D eigenvalue weighted by molar-refractivity contribution is 0.277. The van der Waals surface area contributed by atoms with Gasteiger partial charge in [0.05, 0.1) is 12.3 Å². The predicted octanol–water partition coefficient (Wildman–Crippen LogP) is 1.91. The fraction of sp³-hybridized carbons (Fsp3) is 0.700. The molecule has 0 atom stereocenters. The van der Waals surface area contributed by atoms with Crippen LogP contribution >= 0.6 is 11.3 Å². The number of hydrogen-bond acceptors (Lipinski definition) is 4. The maximum Gasteiger partial charge on any atom is 0.107 e. The van der Waals surface area contributed by atoms with Gasteiger partial charge in [0, 0.05) is 17.5 Å². The minimum absolute atomic E-state index is 0.0354. The minimum Gasteiger partial charge on any atom is -0.390 e. The number of aliphatic hydroxyl groups is 1. The first-order valence-corrected chi connectivity index (χ1v) is 5.74. The standard InChI is InChI=1S/C10H18N2OS/c1-4-10(2,3)11-5-9-12-8(6-13)7-14-9/h7,11,13H,4-6H2,1-3H3. The molecule has 0 radical (unpaired) electrons. The van der Waals surface area contributed by atoms with E-state index in [-0.39, 0.29) is 12.1 Å². The first-order chi connectivity index (χ1) is 6.57. The lowest BCUT2D eigenvalue weighted by atomic mass is 10.0. The van der Waals surface area contributed by atoms with E-state index in [2.05, 4.69) is 31.1 Å². The highest BCUT2D eigenvalue weighted by atomic mass is 32.1. The van der Waals surface area contributed by atoms with Gasteiger partial charge in [-0.05, 0) is 20.3 Å². The largest absolute Gasteiger partial charge is 0.390 e. The summed E-state index contributed by atoms with van der Waals surface area (Å²) in [5.41, 5.74) is 0.923. The maximum atomic E-state index is 8.85. The van der Waals surface area contributed by atoms with Gasteiger partial charge >= 0.3 is 0 Å². The number of hydrogen-bond donors (Lipinski definition) is 2. The normalized spacial score (nSPS) is 12.0. The molecule has 4 heteroatoms. The summed E-state index contributed by atoms with van der Waals surface area (Å²) in [6, 6.07) is 0. The molecule has 0 unspecified atom stereocenters. The van der Waals surface area contributed by atoms with Gasteiger partial charge in [-0.1, -0.05) is 6.92 Å². The molecule has 0 aliphatic carbocycles. The maximum absolute atomic E-state index is 8.85. The third kappa shape index (κ3) is 3.36. The van der Waals surface area contributed by atoms with Crippen LogP contribution in [0.25, 0.3) is 0 Å². The lowest BCUT2D eigenvalue weighted by Crippen LogP contribution is -2.37. The van der Waals surface area contributed by atoms with E-state index < -0.39 is 0 Å². The van der Waals surface area contributed by atoms with Crippen LogP contribution in [-0.4, -0.2) is 15.6 Å². The fourth-order valence-electron chi connectivity index (χ4n) is 0.943. The quantitative estimate of drug-likeness (QED) is 0.787. The zero-order chi connectivity index (χ0) is 10.6. The third-order valence-electron chi connectivity index (χ3n) is 2.36. The van der Waals surface area contributed by atoms with Crippen molar-refractivity contribution in [1.29, 1.82) is 0 Å². The van der Waals surface area contributed by atoms with Crippen molar-refractivity contribution in [2.45, 2.75) is 45.9 Å². The molecule has 1 aromatic heterocycles. The van der Waals surface area contributed by atoms with Crippen LogP contribution in [0.4, 0.5) is 0 Å². The Morgan fingerprint density at radius 1 is 1.57 bits per heavy atom. The van der Waals surface area contributed by atoms with Crippen molar-refractivity contribution in [1.82, 2.24) is 10.3 Å². The summed E-state index contributed by atoms with van der Waals surface area (Å²) in [4.78, 5) is 4.27. The second-order valence-corrected chi connectivity index (χ2v) is 4.92. The van der Waals surface area contributed by atoms with Gasteiger partial charge in [0.1, 0.15) is 5.01 Å². The molecule has 0 aliphatic heterocycles. The highest BCUT2D eigenvalue weighted by molar-refractivity contribution is 7.09. The van der Waals surface area contributed by atoms with Crippen LogP contribution in [0.2, 0.25) is 0 Å². The van der Waals surface area contributed by atoms with Crippen LogP contribution in [0.3, 0.4) is 0 Å². The number of rotatable bonds is 5. The second-order valence-electron chi connectivity index (χ2n) is 3.98. The Hall–Kier alpha value is -0.450. The van der Waals surface area contributed by atoms with Crippen LogP contribution in [0, 0.1) is 0 Å². The first-order valence-electron chi connectivity index (χ1n) is 4.86. The van der Waals surface area contributed by atoms with Crippen LogP contribution in [-0.2, 0) is 13.2 Å². The third-order valence-corrected chi connectivity index (χ3v) is 3.26. The topological polar surface area (TPSA) is 45.2 Å². The zero-order valence-electron chi connectivity index (χ0n) is 9.00. The molecule has 0 bridgehead atoms. The van der Waals surface area contributed by atoms with Crippen molar-refractivity contribution in [3.8, 4) is 0 Å². The van der Waals surface area contributed by atoms with Crippen molar-refractivity contribution < 1.29 is 5.11 Å². The molecule has 0 saturated carbocycles. The molecule has 0 amide bonds. The summed E-state index contributed by atoms with van der Waals surface area (Å²) in [5, 5.41) is 15.2. The van der Waals surface area contributed by atoms with E-state index in [0.717, 1.165) is 23.7 Å². The number of aromatic nitrogens is 1. The molecule has 14 heavy (non-hydrogen) atoms. The fourth-order valence-corrected chi connectivity index (χ4v) is 1.67. The highest BCUT2D eigenvalue weighted by Crippen LogP contribution is 2.12. The first kappa shape index (κ1) is 11.6. The van der Waals surface area contributed by atoms with E-state index in [4.69, 9.17) is 5.11 Å². The van der Waals surface area contributed by atoms with E-state index in [0.29, 0.717) is 0 Å². The Labute approximate surface area is 89.2 Å². The predicted molar refractivity (Wildman–Crippen MR) is 59.2 cm³/mol. The van der Waals surface area contributed by atoms with E-state index in [1.165, 1.54) is 0 Å². The van der Waals surface area contributed by atoms with Crippen LogP contribution < -0.4 is 5.32 Å². The molecule has 0 spiro atoms. The number of thiazole rings is 1. The molecule has 1 rings (SSSR count). The Morgan fingerprint density at radius 3 is 2.79 bits per heavy atom. The highest BCUT2D eigenvalue weighted by Gasteiger charge is 2.14. The van der Waals surface area contributed by atoms with Gasteiger partial charge in [0.25, 0.3) is 0 Å². The van der Waals surface area contributed by atoms with Crippen molar-refractivity contribution >= 4 is 11.3 Å². The van der Waals surface area contributed by atoms with Crippen molar-refractivity contribution in [3.05, 3.63) is 16.1 Å². The molecule has 2 N–H and O–H groups in total. The summed E-state index contributed by atoms with van der Waals surface area (Å²) in [6.07, 6.45) is 1.09. The summed E-state index contributed by atoms with van der Waals surface area (Å²) in [7, 11) is 0. The molecule has 0 aromatic carbocycles. The van der Waals surface area contributed by atoms with Gasteiger partial charge in [0.2, 0.25) is 0 Å².